The smallest absolute Gasteiger partial charge is 0.234 e. The molecule has 0 aromatic carbocycles. The van der Waals surface area contributed by atoms with Crippen molar-refractivity contribution in [2.75, 3.05) is 6.54 Å². The third-order valence-corrected chi connectivity index (χ3v) is 3.31. The fourth-order valence-electron chi connectivity index (χ4n) is 1.57. The summed E-state index contributed by atoms with van der Waals surface area (Å²) in [5.74, 6) is 0.922. The molecule has 0 spiro atoms. The van der Waals surface area contributed by atoms with Crippen LogP contribution in [0.15, 0.2) is 0 Å². The molecule has 0 atom stereocenters. The Kier molecular flexibility index (Phi) is 3.44. The predicted octanol–water partition coefficient (Wildman–Crippen LogP) is 1.98. The minimum absolute atomic E-state index is 0.0262. The second-order valence-electron chi connectivity index (χ2n) is 5.14. The van der Waals surface area contributed by atoms with Crippen molar-refractivity contribution in [3.05, 3.63) is 10.8 Å². The van der Waals surface area contributed by atoms with E-state index in [-0.39, 0.29) is 5.41 Å². The molecule has 5 nitrogen and oxygen atoms in total. The van der Waals surface area contributed by atoms with Crippen LogP contribution in [0.4, 0.5) is 0 Å². The van der Waals surface area contributed by atoms with Gasteiger partial charge in [-0.25, -0.2) is 0 Å². The third kappa shape index (κ3) is 2.63. The topological polar surface area (TPSA) is 55.1 Å². The summed E-state index contributed by atoms with van der Waals surface area (Å²) >= 11 is 1.60. The average molecular weight is 253 g/mol. The summed E-state index contributed by atoms with van der Waals surface area (Å²) in [4.78, 5) is 0.878. The zero-order chi connectivity index (χ0) is 12.5. The largest absolute Gasteiger partial charge is 0.310 e. The van der Waals surface area contributed by atoms with Crippen molar-refractivity contribution < 1.29 is 0 Å². The Balaban J connectivity index is 2.23. The van der Waals surface area contributed by atoms with E-state index in [1.807, 2.05) is 4.52 Å². The van der Waals surface area contributed by atoms with Gasteiger partial charge < -0.3 is 5.32 Å². The first-order valence-electron chi connectivity index (χ1n) is 5.94. The molecule has 2 aromatic heterocycles. The Morgan fingerprint density at radius 2 is 2.06 bits per heavy atom. The minimum Gasteiger partial charge on any atom is -0.310 e. The number of nitrogens with zero attached hydrogens (tertiary/aromatic N) is 4. The molecule has 0 radical (unpaired) electrons. The Morgan fingerprint density at radius 3 is 2.71 bits per heavy atom. The number of hydrogen-bond donors (Lipinski definition) is 1. The molecular formula is C11H19N5S. The van der Waals surface area contributed by atoms with Crippen molar-refractivity contribution in [3.8, 4) is 0 Å². The summed E-state index contributed by atoms with van der Waals surface area (Å²) in [6.07, 6.45) is 1.14. The van der Waals surface area contributed by atoms with Crippen LogP contribution in [0.1, 0.15) is 44.9 Å². The minimum atomic E-state index is -0.0262. The molecule has 17 heavy (non-hydrogen) atoms. The van der Waals surface area contributed by atoms with Gasteiger partial charge in [0, 0.05) is 12.0 Å². The normalized spacial score (nSPS) is 12.5. The number of aromatic nitrogens is 4. The Labute approximate surface area is 105 Å². The first-order valence-corrected chi connectivity index (χ1v) is 6.76. The highest BCUT2D eigenvalue weighted by Crippen LogP contribution is 2.23. The molecular weight excluding hydrogens is 234 g/mol. The van der Waals surface area contributed by atoms with Gasteiger partial charge in [0.1, 0.15) is 5.01 Å². The molecule has 2 rings (SSSR count). The van der Waals surface area contributed by atoms with Crippen LogP contribution in [-0.4, -0.2) is 26.4 Å². The molecule has 0 aliphatic carbocycles. The first-order chi connectivity index (χ1) is 8.02. The first kappa shape index (κ1) is 12.4. The van der Waals surface area contributed by atoms with Crippen molar-refractivity contribution in [2.45, 2.75) is 46.1 Å². The Bertz CT molecular complexity index is 493. The zero-order valence-corrected chi connectivity index (χ0v) is 11.6. The standard InChI is InChI=1S/C11H19N5S/c1-5-6-12-7-8-15-16-9(11(2,3)4)13-14-10(16)17-8/h12H,5-7H2,1-4H3. The summed E-state index contributed by atoms with van der Waals surface area (Å²) in [5.41, 5.74) is -0.0262. The van der Waals surface area contributed by atoms with Crippen LogP contribution >= 0.6 is 11.3 Å². The molecule has 1 N–H and O–H groups in total. The number of rotatable bonds is 4. The SMILES string of the molecule is CCCNCc1nn2c(C(C)(C)C)nnc2s1. The van der Waals surface area contributed by atoms with Gasteiger partial charge in [-0.15, -0.1) is 10.2 Å². The number of fused-ring (bicyclic) bond motifs is 1. The molecule has 0 unspecified atom stereocenters. The monoisotopic (exact) mass is 253 g/mol. The van der Waals surface area contributed by atoms with Crippen LogP contribution in [0.3, 0.4) is 0 Å². The van der Waals surface area contributed by atoms with Crippen molar-refractivity contribution in [2.24, 2.45) is 0 Å². The van der Waals surface area contributed by atoms with Crippen LogP contribution in [0, 0.1) is 0 Å². The maximum absolute atomic E-state index is 4.56. The van der Waals surface area contributed by atoms with Crippen LogP contribution in [-0.2, 0) is 12.0 Å². The molecule has 0 fully saturated rings. The van der Waals surface area contributed by atoms with Gasteiger partial charge in [0.05, 0.1) is 0 Å². The molecule has 0 saturated heterocycles. The highest BCUT2D eigenvalue weighted by atomic mass is 32.1. The average Bonchev–Trinajstić information content (AvgIpc) is 2.74. The zero-order valence-electron chi connectivity index (χ0n) is 10.8. The van der Waals surface area contributed by atoms with E-state index in [4.69, 9.17) is 0 Å². The van der Waals surface area contributed by atoms with E-state index in [2.05, 4.69) is 48.3 Å². The van der Waals surface area contributed by atoms with E-state index >= 15 is 0 Å². The molecule has 6 heteroatoms. The highest BCUT2D eigenvalue weighted by Gasteiger charge is 2.23. The summed E-state index contributed by atoms with van der Waals surface area (Å²) in [6, 6.07) is 0. The Morgan fingerprint density at radius 1 is 1.29 bits per heavy atom. The lowest BCUT2D eigenvalue weighted by Crippen LogP contribution is -2.17. The second-order valence-corrected chi connectivity index (χ2v) is 6.18. The lowest BCUT2D eigenvalue weighted by atomic mass is 9.96. The van der Waals surface area contributed by atoms with Crippen molar-refractivity contribution in [1.29, 1.82) is 0 Å². The maximum atomic E-state index is 4.56. The van der Waals surface area contributed by atoms with Gasteiger partial charge in [-0.2, -0.15) is 9.61 Å². The molecule has 0 saturated carbocycles. The summed E-state index contributed by atoms with van der Waals surface area (Å²) in [6.45, 7) is 10.4. The van der Waals surface area contributed by atoms with Crippen LogP contribution in [0.25, 0.3) is 4.96 Å². The van der Waals surface area contributed by atoms with E-state index in [1.54, 1.807) is 11.3 Å². The van der Waals surface area contributed by atoms with Gasteiger partial charge >= 0.3 is 0 Å². The molecule has 0 bridgehead atoms. The van der Waals surface area contributed by atoms with E-state index in [9.17, 15) is 0 Å². The number of nitrogens with one attached hydrogen (secondary N) is 1. The van der Waals surface area contributed by atoms with E-state index in [0.29, 0.717) is 0 Å². The lowest BCUT2D eigenvalue weighted by Gasteiger charge is -2.13. The molecule has 2 heterocycles. The molecule has 0 amide bonds. The highest BCUT2D eigenvalue weighted by molar-refractivity contribution is 7.16. The van der Waals surface area contributed by atoms with Crippen molar-refractivity contribution in [1.82, 2.24) is 25.1 Å². The summed E-state index contributed by atoms with van der Waals surface area (Å²) < 4.78 is 1.87. The molecule has 0 aliphatic rings. The molecule has 2 aromatic rings. The van der Waals surface area contributed by atoms with Gasteiger partial charge in [-0.05, 0) is 13.0 Å². The van der Waals surface area contributed by atoms with Gasteiger partial charge in [0.2, 0.25) is 4.96 Å². The third-order valence-electron chi connectivity index (χ3n) is 2.41. The van der Waals surface area contributed by atoms with Gasteiger partial charge in [-0.1, -0.05) is 39.0 Å². The quantitative estimate of drug-likeness (QED) is 0.847. The van der Waals surface area contributed by atoms with Crippen LogP contribution in [0.2, 0.25) is 0 Å². The van der Waals surface area contributed by atoms with Crippen molar-refractivity contribution in [3.63, 3.8) is 0 Å². The lowest BCUT2D eigenvalue weighted by molar-refractivity contribution is 0.525. The van der Waals surface area contributed by atoms with Gasteiger partial charge in [0.25, 0.3) is 0 Å². The molecule has 94 valence electrons. The van der Waals surface area contributed by atoms with E-state index in [1.165, 1.54) is 0 Å². The van der Waals surface area contributed by atoms with Gasteiger partial charge in [-0.3, -0.25) is 0 Å². The van der Waals surface area contributed by atoms with Gasteiger partial charge in [0.15, 0.2) is 5.82 Å². The van der Waals surface area contributed by atoms with Crippen LogP contribution in [0.5, 0.6) is 0 Å². The van der Waals surface area contributed by atoms with E-state index < -0.39 is 0 Å². The fourth-order valence-corrected chi connectivity index (χ4v) is 2.37. The summed E-state index contributed by atoms with van der Waals surface area (Å²) in [5, 5.41) is 17.3. The maximum Gasteiger partial charge on any atom is 0.234 e. The molecule has 0 aliphatic heterocycles. The Hall–Kier alpha value is -1.01. The second kappa shape index (κ2) is 4.70. The van der Waals surface area contributed by atoms with Crippen LogP contribution < -0.4 is 5.32 Å². The summed E-state index contributed by atoms with van der Waals surface area (Å²) in [7, 11) is 0. The van der Waals surface area contributed by atoms with E-state index in [0.717, 1.165) is 35.3 Å². The number of hydrogen-bond acceptors (Lipinski definition) is 5. The predicted molar refractivity (Wildman–Crippen MR) is 69.4 cm³/mol. The fraction of sp³-hybridized carbons (Fsp3) is 0.727. The van der Waals surface area contributed by atoms with Crippen molar-refractivity contribution >= 4 is 16.3 Å².